The highest BCUT2D eigenvalue weighted by atomic mass is 16.6. The van der Waals surface area contributed by atoms with Crippen molar-refractivity contribution in [2.45, 2.75) is 51.4 Å². The molecule has 2 rings (SSSR count). The number of likely N-dealkylation sites (tertiary alicyclic amines) is 1. The molecule has 1 saturated heterocycles. The lowest BCUT2D eigenvalue weighted by Gasteiger charge is -2.28. The van der Waals surface area contributed by atoms with Crippen LogP contribution in [0.2, 0.25) is 0 Å². The third-order valence-corrected chi connectivity index (χ3v) is 4.78. The summed E-state index contributed by atoms with van der Waals surface area (Å²) in [4.78, 5) is 30.0. The quantitative estimate of drug-likeness (QED) is 0.225. The molecule has 3 atom stereocenters. The first-order valence-electron chi connectivity index (χ1n) is 9.54. The number of carbonyl (C=O) groups is 2. The van der Waals surface area contributed by atoms with E-state index in [1.54, 1.807) is 33.8 Å². The molecule has 1 fully saturated rings. The molecular weight excluding hydrogens is 372 g/mol. The highest BCUT2D eigenvalue weighted by molar-refractivity contribution is 5.84. The van der Waals surface area contributed by atoms with E-state index in [0.717, 1.165) is 5.56 Å². The van der Waals surface area contributed by atoms with Crippen molar-refractivity contribution >= 4 is 12.1 Å². The minimum atomic E-state index is -1.54. The summed E-state index contributed by atoms with van der Waals surface area (Å²) in [6, 6.07) is 9.27. The summed E-state index contributed by atoms with van der Waals surface area (Å²) in [6.45, 7) is 10.9. The molecule has 0 radical (unpaired) electrons. The van der Waals surface area contributed by atoms with Gasteiger partial charge < -0.3 is 14.4 Å². The molecule has 156 valence electrons. The van der Waals surface area contributed by atoms with E-state index in [-0.39, 0.29) is 13.1 Å². The number of benzene rings is 1. The maximum absolute atomic E-state index is 13.2. The Morgan fingerprint density at radius 1 is 1.41 bits per heavy atom. The molecule has 0 spiro atoms. The zero-order valence-electron chi connectivity index (χ0n) is 17.4. The van der Waals surface area contributed by atoms with Crippen LogP contribution < -0.4 is 0 Å². The van der Waals surface area contributed by atoms with Gasteiger partial charge in [-0.2, -0.15) is 0 Å². The Hall–Kier alpha value is -2.99. The van der Waals surface area contributed by atoms with Crippen LogP contribution in [-0.2, 0) is 14.3 Å². The minimum Gasteiger partial charge on any atom is -0.457 e. The fourth-order valence-corrected chi connectivity index (χ4v) is 3.36. The Balaban J connectivity index is 2.30. The Kier molecular flexibility index (Phi) is 6.93. The third-order valence-electron chi connectivity index (χ3n) is 4.78. The molecule has 1 heterocycles. The molecule has 8 heteroatoms. The number of azide groups is 1. The lowest BCUT2D eigenvalue weighted by Crippen LogP contribution is -2.46. The van der Waals surface area contributed by atoms with Gasteiger partial charge >= 0.3 is 12.1 Å². The normalized spacial score (nSPS) is 22.3. The van der Waals surface area contributed by atoms with Crippen LogP contribution in [0, 0.1) is 5.92 Å². The first kappa shape index (κ1) is 22.3. The van der Waals surface area contributed by atoms with Crippen LogP contribution in [-0.4, -0.2) is 41.2 Å². The van der Waals surface area contributed by atoms with E-state index in [9.17, 15) is 15.1 Å². The van der Waals surface area contributed by atoms with Crippen LogP contribution in [0.1, 0.15) is 45.8 Å². The van der Waals surface area contributed by atoms with Gasteiger partial charge in [-0.05, 0) is 45.2 Å². The fraction of sp³-hybridized carbons (Fsp3) is 0.524. The average molecular weight is 400 g/mol. The van der Waals surface area contributed by atoms with Crippen molar-refractivity contribution in [2.24, 2.45) is 11.0 Å². The standard InChI is InChI=1S/C21H28N4O4/c1-6-10-17-13-25(19(27)29-20(3,4)5)14-21(17,23-24-22)18(26)28-15(2)16-11-8-7-9-12-16/h6-9,11-12,15,17H,1,10,13-14H2,2-5H3/t15-,17+,21+/m1/s1. The number of esters is 1. The second-order valence-corrected chi connectivity index (χ2v) is 8.15. The van der Waals surface area contributed by atoms with Crippen LogP contribution in [0.4, 0.5) is 4.79 Å². The van der Waals surface area contributed by atoms with Gasteiger partial charge in [-0.25, -0.2) is 4.79 Å². The zero-order chi connectivity index (χ0) is 21.7. The topological polar surface area (TPSA) is 105 Å². The molecule has 1 aromatic carbocycles. The van der Waals surface area contributed by atoms with E-state index >= 15 is 0 Å². The van der Waals surface area contributed by atoms with Crippen molar-refractivity contribution in [2.75, 3.05) is 13.1 Å². The number of carbonyl (C=O) groups excluding carboxylic acids is 2. The molecule has 1 amide bonds. The second kappa shape index (κ2) is 9.01. The van der Waals surface area contributed by atoms with Crippen molar-refractivity contribution in [3.63, 3.8) is 0 Å². The van der Waals surface area contributed by atoms with Gasteiger partial charge in [0.1, 0.15) is 11.7 Å². The molecule has 0 N–H and O–H groups in total. The van der Waals surface area contributed by atoms with E-state index in [0.29, 0.717) is 6.42 Å². The molecule has 0 unspecified atom stereocenters. The van der Waals surface area contributed by atoms with Gasteiger partial charge in [0.15, 0.2) is 5.54 Å². The second-order valence-electron chi connectivity index (χ2n) is 8.15. The summed E-state index contributed by atoms with van der Waals surface area (Å²) >= 11 is 0. The lowest BCUT2D eigenvalue weighted by atomic mass is 9.85. The van der Waals surface area contributed by atoms with E-state index in [2.05, 4.69) is 16.6 Å². The van der Waals surface area contributed by atoms with Crippen molar-refractivity contribution in [3.05, 3.63) is 59.0 Å². The molecule has 8 nitrogen and oxygen atoms in total. The first-order chi connectivity index (χ1) is 13.6. The van der Waals surface area contributed by atoms with Gasteiger partial charge in [0.2, 0.25) is 0 Å². The van der Waals surface area contributed by atoms with Crippen molar-refractivity contribution in [1.82, 2.24) is 4.90 Å². The van der Waals surface area contributed by atoms with Crippen LogP contribution in [0.3, 0.4) is 0 Å². The van der Waals surface area contributed by atoms with Crippen LogP contribution in [0.5, 0.6) is 0 Å². The molecular formula is C21H28N4O4. The van der Waals surface area contributed by atoms with Gasteiger partial charge in [0.25, 0.3) is 0 Å². The van der Waals surface area contributed by atoms with E-state index in [1.807, 2.05) is 30.3 Å². The zero-order valence-corrected chi connectivity index (χ0v) is 17.4. The Morgan fingerprint density at radius 3 is 2.62 bits per heavy atom. The molecule has 1 aromatic rings. The van der Waals surface area contributed by atoms with E-state index in [1.165, 1.54) is 4.90 Å². The van der Waals surface area contributed by atoms with Gasteiger partial charge in [-0.15, -0.1) is 6.58 Å². The maximum atomic E-state index is 13.2. The first-order valence-corrected chi connectivity index (χ1v) is 9.54. The minimum absolute atomic E-state index is 0.106. The Labute approximate surface area is 171 Å². The van der Waals surface area contributed by atoms with E-state index < -0.39 is 35.2 Å². The maximum Gasteiger partial charge on any atom is 0.410 e. The number of amides is 1. The summed E-state index contributed by atoms with van der Waals surface area (Å²) < 4.78 is 11.1. The van der Waals surface area contributed by atoms with Gasteiger partial charge in [0.05, 0.1) is 0 Å². The summed E-state index contributed by atoms with van der Waals surface area (Å²) in [5.41, 5.74) is 7.78. The lowest BCUT2D eigenvalue weighted by molar-refractivity contribution is -0.156. The Bertz CT molecular complexity index is 799. The monoisotopic (exact) mass is 400 g/mol. The average Bonchev–Trinajstić information content (AvgIpc) is 3.01. The number of ether oxygens (including phenoxy) is 2. The summed E-state index contributed by atoms with van der Waals surface area (Å²) in [5, 5.41) is 3.84. The number of nitrogens with zero attached hydrogens (tertiary/aromatic N) is 4. The molecule has 0 saturated carbocycles. The highest BCUT2D eigenvalue weighted by Crippen LogP contribution is 2.37. The fourth-order valence-electron chi connectivity index (χ4n) is 3.36. The SMILES string of the molecule is C=CC[C@H]1CN(C(=O)OC(C)(C)C)C[C@@]1(N=[N+]=[N-])C(=O)O[C@H](C)c1ccccc1. The number of hydrogen-bond acceptors (Lipinski definition) is 5. The number of allylic oxidation sites excluding steroid dienone is 1. The van der Waals surface area contributed by atoms with Crippen molar-refractivity contribution in [3.8, 4) is 0 Å². The van der Waals surface area contributed by atoms with Gasteiger partial charge in [-0.3, -0.25) is 4.79 Å². The van der Waals surface area contributed by atoms with Gasteiger partial charge in [0, 0.05) is 23.9 Å². The number of rotatable bonds is 6. The van der Waals surface area contributed by atoms with Crippen LogP contribution in [0.25, 0.3) is 10.4 Å². The van der Waals surface area contributed by atoms with Crippen molar-refractivity contribution < 1.29 is 19.1 Å². The largest absolute Gasteiger partial charge is 0.457 e. The van der Waals surface area contributed by atoms with Crippen LogP contribution in [0.15, 0.2) is 48.1 Å². The molecule has 0 aromatic heterocycles. The van der Waals surface area contributed by atoms with E-state index in [4.69, 9.17) is 9.47 Å². The predicted octanol–water partition coefficient (Wildman–Crippen LogP) is 4.78. The molecule has 1 aliphatic heterocycles. The predicted molar refractivity (Wildman–Crippen MR) is 109 cm³/mol. The molecule has 29 heavy (non-hydrogen) atoms. The summed E-state index contributed by atoms with van der Waals surface area (Å²) in [7, 11) is 0. The van der Waals surface area contributed by atoms with Gasteiger partial charge in [-0.1, -0.05) is 41.5 Å². The molecule has 1 aliphatic rings. The third kappa shape index (κ3) is 5.29. The van der Waals surface area contributed by atoms with Crippen LogP contribution >= 0.6 is 0 Å². The number of hydrogen-bond donors (Lipinski definition) is 0. The smallest absolute Gasteiger partial charge is 0.410 e. The summed E-state index contributed by atoms with van der Waals surface area (Å²) in [6.07, 6.45) is 0.922. The molecule has 0 aliphatic carbocycles. The summed E-state index contributed by atoms with van der Waals surface area (Å²) in [5.74, 6) is -1.12. The molecule has 0 bridgehead atoms. The Morgan fingerprint density at radius 2 is 2.07 bits per heavy atom. The van der Waals surface area contributed by atoms with Crippen molar-refractivity contribution in [1.29, 1.82) is 0 Å². The highest BCUT2D eigenvalue weighted by Gasteiger charge is 2.54.